The highest BCUT2D eigenvalue weighted by Gasteiger charge is 2.36. The van der Waals surface area contributed by atoms with Gasteiger partial charge in [0.05, 0.1) is 5.56 Å². The molecule has 7 heteroatoms. The summed E-state index contributed by atoms with van der Waals surface area (Å²) in [6.45, 7) is -0.239. The molecule has 0 unspecified atom stereocenters. The summed E-state index contributed by atoms with van der Waals surface area (Å²) in [5.74, 6) is -0.447. The van der Waals surface area contributed by atoms with Crippen LogP contribution in [0.3, 0.4) is 0 Å². The summed E-state index contributed by atoms with van der Waals surface area (Å²) in [5, 5.41) is 0. The molecule has 1 saturated heterocycles. The minimum absolute atomic E-state index is 0.0625. The lowest BCUT2D eigenvalue weighted by Crippen LogP contribution is -2.29. The second-order valence-corrected chi connectivity index (χ2v) is 3.87. The number of benzene rings is 1. The van der Waals surface area contributed by atoms with E-state index in [1.165, 1.54) is 19.2 Å². The molecule has 0 saturated carbocycles. The van der Waals surface area contributed by atoms with Crippen molar-refractivity contribution in [1.82, 2.24) is 4.90 Å². The summed E-state index contributed by atoms with van der Waals surface area (Å²) in [7, 11) is 1.29. The number of amides is 3. The number of nitrogens with zero attached hydrogens (tertiary/aromatic N) is 2. The monoisotopic (exact) mass is 258 g/mol. The van der Waals surface area contributed by atoms with E-state index < -0.39 is 23.7 Å². The number of hydrogen-bond acceptors (Lipinski definition) is 2. The number of anilines is 1. The second kappa shape index (κ2) is 4.01. The first-order chi connectivity index (χ1) is 8.30. The van der Waals surface area contributed by atoms with Gasteiger partial charge in [-0.05, 0) is 18.2 Å². The van der Waals surface area contributed by atoms with Crippen molar-refractivity contribution in [3.8, 4) is 0 Å². The maximum atomic E-state index is 12.5. The van der Waals surface area contributed by atoms with E-state index in [1.54, 1.807) is 0 Å². The highest BCUT2D eigenvalue weighted by Crippen LogP contribution is 2.32. The zero-order valence-corrected chi connectivity index (χ0v) is 9.36. The standard InChI is InChI=1S/C11H9F3N2O2/c1-15-9(17)6-16(10(15)18)8-4-2-3-7(5-8)11(12,13)14/h2-5H,6H2,1H3. The number of hydrogen-bond donors (Lipinski definition) is 0. The third kappa shape index (κ3) is 2.03. The van der Waals surface area contributed by atoms with Crippen LogP contribution in [0.5, 0.6) is 0 Å². The van der Waals surface area contributed by atoms with Crippen molar-refractivity contribution >= 4 is 17.6 Å². The molecule has 0 aliphatic carbocycles. The van der Waals surface area contributed by atoms with Gasteiger partial charge in [-0.15, -0.1) is 0 Å². The Bertz CT molecular complexity index is 513. The molecule has 96 valence electrons. The third-order valence-electron chi connectivity index (χ3n) is 2.67. The number of alkyl halides is 3. The number of urea groups is 1. The van der Waals surface area contributed by atoms with Crippen LogP contribution in [0, 0.1) is 0 Å². The van der Waals surface area contributed by atoms with Crippen molar-refractivity contribution in [2.75, 3.05) is 18.5 Å². The molecule has 0 atom stereocenters. The Morgan fingerprint density at radius 3 is 2.39 bits per heavy atom. The summed E-state index contributed by atoms with van der Waals surface area (Å²) < 4.78 is 37.6. The molecule has 1 aromatic rings. The predicted octanol–water partition coefficient (Wildman–Crippen LogP) is 2.10. The van der Waals surface area contributed by atoms with Crippen molar-refractivity contribution in [2.24, 2.45) is 0 Å². The number of halogens is 3. The first-order valence-electron chi connectivity index (χ1n) is 5.06. The van der Waals surface area contributed by atoms with E-state index in [-0.39, 0.29) is 12.2 Å². The number of carbonyl (C=O) groups excluding carboxylic acids is 2. The Morgan fingerprint density at radius 1 is 1.22 bits per heavy atom. The molecule has 1 fully saturated rings. The quantitative estimate of drug-likeness (QED) is 0.724. The topological polar surface area (TPSA) is 40.6 Å². The van der Waals surface area contributed by atoms with Gasteiger partial charge in [0.25, 0.3) is 0 Å². The van der Waals surface area contributed by atoms with Crippen LogP contribution < -0.4 is 4.90 Å². The van der Waals surface area contributed by atoms with E-state index in [1.807, 2.05) is 0 Å². The van der Waals surface area contributed by atoms with E-state index >= 15 is 0 Å². The SMILES string of the molecule is CN1C(=O)CN(c2cccc(C(F)(F)F)c2)C1=O. The van der Waals surface area contributed by atoms with Crippen molar-refractivity contribution in [1.29, 1.82) is 0 Å². The van der Waals surface area contributed by atoms with Crippen LogP contribution in [0.4, 0.5) is 23.7 Å². The maximum absolute atomic E-state index is 12.5. The molecule has 1 heterocycles. The van der Waals surface area contributed by atoms with Gasteiger partial charge in [0.1, 0.15) is 6.54 Å². The van der Waals surface area contributed by atoms with Gasteiger partial charge in [-0.3, -0.25) is 14.6 Å². The Balaban J connectivity index is 2.36. The van der Waals surface area contributed by atoms with E-state index in [9.17, 15) is 22.8 Å². The summed E-state index contributed by atoms with van der Waals surface area (Å²) in [6.07, 6.45) is -4.48. The van der Waals surface area contributed by atoms with Gasteiger partial charge >= 0.3 is 12.2 Å². The van der Waals surface area contributed by atoms with Crippen LogP contribution in [-0.2, 0) is 11.0 Å². The average molecular weight is 258 g/mol. The zero-order chi connectivity index (χ0) is 13.5. The van der Waals surface area contributed by atoms with Crippen LogP contribution in [-0.4, -0.2) is 30.4 Å². The fourth-order valence-corrected chi connectivity index (χ4v) is 1.65. The fourth-order valence-electron chi connectivity index (χ4n) is 1.65. The third-order valence-corrected chi connectivity index (χ3v) is 2.67. The molecule has 0 N–H and O–H groups in total. The van der Waals surface area contributed by atoms with Gasteiger partial charge < -0.3 is 0 Å². The molecule has 1 aliphatic rings. The highest BCUT2D eigenvalue weighted by molar-refractivity contribution is 6.11. The van der Waals surface area contributed by atoms with E-state index in [4.69, 9.17) is 0 Å². The van der Waals surface area contributed by atoms with E-state index in [0.717, 1.165) is 21.9 Å². The number of imide groups is 1. The Kier molecular flexibility index (Phi) is 2.76. The molecular formula is C11H9F3N2O2. The first kappa shape index (κ1) is 12.4. The molecule has 1 aliphatic heterocycles. The molecule has 18 heavy (non-hydrogen) atoms. The molecular weight excluding hydrogens is 249 g/mol. The Morgan fingerprint density at radius 2 is 1.89 bits per heavy atom. The molecule has 4 nitrogen and oxygen atoms in total. The smallest absolute Gasteiger partial charge is 0.285 e. The lowest BCUT2D eigenvalue weighted by atomic mass is 10.2. The lowest BCUT2D eigenvalue weighted by Gasteiger charge is -2.16. The Labute approximate surface area is 101 Å². The summed E-state index contributed by atoms with van der Waals surface area (Å²) in [6, 6.07) is 3.70. The summed E-state index contributed by atoms with van der Waals surface area (Å²) in [4.78, 5) is 24.8. The van der Waals surface area contributed by atoms with Gasteiger partial charge in [-0.1, -0.05) is 6.07 Å². The normalized spacial score (nSPS) is 16.7. The van der Waals surface area contributed by atoms with Crippen molar-refractivity contribution < 1.29 is 22.8 Å². The first-order valence-corrected chi connectivity index (χ1v) is 5.06. The van der Waals surface area contributed by atoms with Gasteiger partial charge in [-0.2, -0.15) is 13.2 Å². The molecule has 3 amide bonds. The predicted molar refractivity (Wildman–Crippen MR) is 57.0 cm³/mol. The van der Waals surface area contributed by atoms with E-state index in [2.05, 4.69) is 0 Å². The van der Waals surface area contributed by atoms with Crippen LogP contribution in [0.25, 0.3) is 0 Å². The number of likely N-dealkylation sites (N-methyl/N-ethyl adjacent to an activating group) is 1. The van der Waals surface area contributed by atoms with Crippen molar-refractivity contribution in [3.63, 3.8) is 0 Å². The molecule has 1 aromatic carbocycles. The summed E-state index contributed by atoms with van der Waals surface area (Å²) >= 11 is 0. The molecule has 0 bridgehead atoms. The van der Waals surface area contributed by atoms with Crippen molar-refractivity contribution in [2.45, 2.75) is 6.18 Å². The highest BCUT2D eigenvalue weighted by atomic mass is 19.4. The Hall–Kier alpha value is -2.05. The number of rotatable bonds is 1. The van der Waals surface area contributed by atoms with Gasteiger partial charge in [-0.25, -0.2) is 4.79 Å². The van der Waals surface area contributed by atoms with Crippen LogP contribution in [0.15, 0.2) is 24.3 Å². The number of carbonyl (C=O) groups is 2. The average Bonchev–Trinajstić information content (AvgIpc) is 2.56. The minimum atomic E-state index is -4.48. The minimum Gasteiger partial charge on any atom is -0.285 e. The van der Waals surface area contributed by atoms with E-state index in [0.29, 0.717) is 0 Å². The van der Waals surface area contributed by atoms with Gasteiger partial charge in [0.2, 0.25) is 5.91 Å². The van der Waals surface area contributed by atoms with Crippen LogP contribution in [0.1, 0.15) is 5.56 Å². The van der Waals surface area contributed by atoms with Crippen LogP contribution in [0.2, 0.25) is 0 Å². The summed E-state index contributed by atoms with van der Waals surface area (Å²) in [5.41, 5.74) is -0.790. The molecule has 0 aromatic heterocycles. The largest absolute Gasteiger partial charge is 0.416 e. The molecule has 0 spiro atoms. The van der Waals surface area contributed by atoms with Crippen molar-refractivity contribution in [3.05, 3.63) is 29.8 Å². The maximum Gasteiger partial charge on any atom is 0.416 e. The van der Waals surface area contributed by atoms with Gasteiger partial charge in [0, 0.05) is 12.7 Å². The van der Waals surface area contributed by atoms with Gasteiger partial charge in [0.15, 0.2) is 0 Å². The lowest BCUT2D eigenvalue weighted by molar-refractivity contribution is -0.137. The zero-order valence-electron chi connectivity index (χ0n) is 9.36. The van der Waals surface area contributed by atoms with Crippen LogP contribution >= 0.6 is 0 Å². The molecule has 2 rings (SSSR count). The molecule has 0 radical (unpaired) electrons. The second-order valence-electron chi connectivity index (χ2n) is 3.87. The fraction of sp³-hybridized carbons (Fsp3) is 0.273.